The van der Waals surface area contributed by atoms with E-state index < -0.39 is 23.5 Å². The zero-order valence-electron chi connectivity index (χ0n) is 11.1. The van der Waals surface area contributed by atoms with E-state index in [2.05, 4.69) is 0 Å². The minimum absolute atomic E-state index is 0.114. The lowest BCUT2D eigenvalue weighted by Gasteiger charge is -2.20. The van der Waals surface area contributed by atoms with Crippen molar-refractivity contribution in [1.29, 1.82) is 0 Å². The van der Waals surface area contributed by atoms with E-state index in [1.165, 1.54) is 7.11 Å². The molecule has 1 aliphatic carbocycles. The molecule has 0 saturated carbocycles. The summed E-state index contributed by atoms with van der Waals surface area (Å²) >= 11 is 0. The van der Waals surface area contributed by atoms with Gasteiger partial charge in [0.15, 0.2) is 0 Å². The van der Waals surface area contributed by atoms with Gasteiger partial charge in [0.1, 0.15) is 5.75 Å². The van der Waals surface area contributed by atoms with Crippen molar-refractivity contribution < 1.29 is 24.2 Å². The number of hydrogen-bond acceptors (Lipinski definition) is 5. The number of fused-ring (bicyclic) bond motifs is 1. The van der Waals surface area contributed by atoms with Crippen LogP contribution < -0.4 is 4.74 Å². The van der Waals surface area contributed by atoms with Gasteiger partial charge in [0.05, 0.1) is 13.2 Å². The lowest BCUT2D eigenvalue weighted by Crippen LogP contribution is -2.46. The summed E-state index contributed by atoms with van der Waals surface area (Å²) in [6.45, 7) is 3.32. The van der Waals surface area contributed by atoms with Crippen molar-refractivity contribution in [2.24, 2.45) is 0 Å². The fourth-order valence-electron chi connectivity index (χ4n) is 2.19. The predicted molar refractivity (Wildman–Crippen MR) is 67.2 cm³/mol. The SMILES string of the molecule is COc1cccc2c1CC(O)(C(=O)OC(C)C)C2=O. The second kappa shape index (κ2) is 4.66. The molecule has 1 aromatic rings. The molecular formula is C14H16O5. The molecule has 0 fully saturated rings. The number of ketones is 1. The molecule has 1 unspecified atom stereocenters. The van der Waals surface area contributed by atoms with Gasteiger partial charge in [0.2, 0.25) is 11.4 Å². The van der Waals surface area contributed by atoms with Gasteiger partial charge in [-0.25, -0.2) is 4.79 Å². The van der Waals surface area contributed by atoms with Crippen LogP contribution in [0.2, 0.25) is 0 Å². The van der Waals surface area contributed by atoms with Crippen LogP contribution in [0, 0.1) is 0 Å². The fraction of sp³-hybridized carbons (Fsp3) is 0.429. The van der Waals surface area contributed by atoms with Crippen molar-refractivity contribution in [3.63, 3.8) is 0 Å². The lowest BCUT2D eigenvalue weighted by molar-refractivity contribution is -0.163. The molecule has 5 heteroatoms. The maximum atomic E-state index is 12.2. The van der Waals surface area contributed by atoms with Crippen molar-refractivity contribution in [1.82, 2.24) is 0 Å². The Balaban J connectivity index is 2.39. The Morgan fingerprint density at radius 1 is 1.42 bits per heavy atom. The van der Waals surface area contributed by atoms with Gasteiger partial charge in [-0.2, -0.15) is 0 Å². The van der Waals surface area contributed by atoms with Crippen LogP contribution in [-0.4, -0.2) is 35.7 Å². The Hall–Kier alpha value is -1.88. The van der Waals surface area contributed by atoms with E-state index in [4.69, 9.17) is 9.47 Å². The van der Waals surface area contributed by atoms with Crippen molar-refractivity contribution in [3.05, 3.63) is 29.3 Å². The second-order valence-corrected chi connectivity index (χ2v) is 4.81. The van der Waals surface area contributed by atoms with Gasteiger partial charge in [-0.3, -0.25) is 4.79 Å². The minimum atomic E-state index is -2.14. The van der Waals surface area contributed by atoms with Gasteiger partial charge in [0, 0.05) is 17.5 Å². The summed E-state index contributed by atoms with van der Waals surface area (Å²) in [5.74, 6) is -1.06. The van der Waals surface area contributed by atoms with Crippen LogP contribution in [0.25, 0.3) is 0 Å². The third-order valence-corrected chi connectivity index (χ3v) is 3.09. The van der Waals surface area contributed by atoms with E-state index in [1.54, 1.807) is 32.0 Å². The third-order valence-electron chi connectivity index (χ3n) is 3.09. The van der Waals surface area contributed by atoms with Gasteiger partial charge in [0.25, 0.3) is 0 Å². The molecule has 0 amide bonds. The Bertz CT molecular complexity index is 535. The highest BCUT2D eigenvalue weighted by molar-refractivity contribution is 6.19. The van der Waals surface area contributed by atoms with E-state index in [-0.39, 0.29) is 6.42 Å². The van der Waals surface area contributed by atoms with E-state index in [9.17, 15) is 14.7 Å². The Morgan fingerprint density at radius 3 is 2.68 bits per heavy atom. The monoisotopic (exact) mass is 264 g/mol. The van der Waals surface area contributed by atoms with Crippen molar-refractivity contribution >= 4 is 11.8 Å². The van der Waals surface area contributed by atoms with Crippen LogP contribution in [0.1, 0.15) is 29.8 Å². The number of benzene rings is 1. The highest BCUT2D eigenvalue weighted by Gasteiger charge is 2.52. The number of rotatable bonds is 3. The normalized spacial score (nSPS) is 21.4. The summed E-state index contributed by atoms with van der Waals surface area (Å²) < 4.78 is 10.1. The van der Waals surface area contributed by atoms with E-state index in [0.717, 1.165) is 0 Å². The summed E-state index contributed by atoms with van der Waals surface area (Å²) in [4.78, 5) is 24.1. The molecule has 5 nitrogen and oxygen atoms in total. The molecular weight excluding hydrogens is 248 g/mol. The van der Waals surface area contributed by atoms with Crippen LogP contribution in [0.3, 0.4) is 0 Å². The van der Waals surface area contributed by atoms with Crippen molar-refractivity contribution in [3.8, 4) is 5.75 Å². The number of hydrogen-bond donors (Lipinski definition) is 1. The third kappa shape index (κ3) is 2.10. The number of Topliss-reactive ketones (excluding diaryl/α,β-unsaturated/α-hetero) is 1. The molecule has 1 atom stereocenters. The average molecular weight is 264 g/mol. The van der Waals surface area contributed by atoms with E-state index in [1.807, 2.05) is 0 Å². The fourth-order valence-corrected chi connectivity index (χ4v) is 2.19. The summed E-state index contributed by atoms with van der Waals surface area (Å²) in [7, 11) is 1.48. The number of ether oxygens (including phenoxy) is 2. The molecule has 0 aromatic heterocycles. The molecule has 0 bridgehead atoms. The maximum Gasteiger partial charge on any atom is 0.347 e. The number of esters is 1. The quantitative estimate of drug-likeness (QED) is 0.654. The summed E-state index contributed by atoms with van der Waals surface area (Å²) in [6.07, 6.45) is -0.508. The molecule has 0 aliphatic heterocycles. The molecule has 0 spiro atoms. The van der Waals surface area contributed by atoms with E-state index >= 15 is 0 Å². The van der Waals surface area contributed by atoms with E-state index in [0.29, 0.717) is 16.9 Å². The largest absolute Gasteiger partial charge is 0.496 e. The van der Waals surface area contributed by atoms with Crippen LogP contribution in [0.5, 0.6) is 5.75 Å². The lowest BCUT2D eigenvalue weighted by atomic mass is 9.99. The van der Waals surface area contributed by atoms with Gasteiger partial charge in [-0.15, -0.1) is 0 Å². The van der Waals surface area contributed by atoms with Crippen LogP contribution in [0.15, 0.2) is 18.2 Å². The van der Waals surface area contributed by atoms with Gasteiger partial charge in [-0.1, -0.05) is 12.1 Å². The number of carbonyl (C=O) groups is 2. The first-order chi connectivity index (χ1) is 8.90. The Morgan fingerprint density at radius 2 is 2.11 bits per heavy atom. The molecule has 1 aliphatic rings. The van der Waals surface area contributed by atoms with Gasteiger partial charge >= 0.3 is 5.97 Å². The van der Waals surface area contributed by atoms with Crippen LogP contribution in [0.4, 0.5) is 0 Å². The smallest absolute Gasteiger partial charge is 0.347 e. The number of carbonyl (C=O) groups excluding carboxylic acids is 2. The number of aliphatic hydroxyl groups is 1. The summed E-state index contributed by atoms with van der Waals surface area (Å²) in [5.41, 5.74) is -1.29. The minimum Gasteiger partial charge on any atom is -0.496 e. The first-order valence-corrected chi connectivity index (χ1v) is 6.04. The molecule has 19 heavy (non-hydrogen) atoms. The Kier molecular flexibility index (Phi) is 3.32. The molecule has 0 heterocycles. The Labute approximate surface area is 111 Å². The van der Waals surface area contributed by atoms with Gasteiger partial charge in [-0.05, 0) is 19.9 Å². The average Bonchev–Trinajstić information content (AvgIpc) is 2.62. The van der Waals surface area contributed by atoms with Crippen molar-refractivity contribution in [2.75, 3.05) is 7.11 Å². The highest BCUT2D eigenvalue weighted by atomic mass is 16.6. The van der Waals surface area contributed by atoms with Gasteiger partial charge < -0.3 is 14.6 Å². The topological polar surface area (TPSA) is 72.8 Å². The molecule has 1 N–H and O–H groups in total. The standard InChI is InChI=1S/C14H16O5/c1-8(2)19-13(16)14(17)7-10-9(12(14)15)5-4-6-11(10)18-3/h4-6,8,17H,7H2,1-3H3. The van der Waals surface area contributed by atoms with Crippen molar-refractivity contribution in [2.45, 2.75) is 32.0 Å². The molecule has 102 valence electrons. The summed E-state index contributed by atoms with van der Waals surface area (Å²) in [5, 5.41) is 10.3. The first-order valence-electron chi connectivity index (χ1n) is 6.04. The molecule has 1 aromatic carbocycles. The predicted octanol–water partition coefficient (Wildman–Crippen LogP) is 1.12. The zero-order valence-corrected chi connectivity index (χ0v) is 11.1. The molecule has 0 saturated heterocycles. The zero-order chi connectivity index (χ0) is 14.2. The molecule has 2 rings (SSSR count). The second-order valence-electron chi connectivity index (χ2n) is 4.81. The highest BCUT2D eigenvalue weighted by Crippen LogP contribution is 2.36. The van der Waals surface area contributed by atoms with Crippen LogP contribution in [-0.2, 0) is 16.0 Å². The first kappa shape index (κ1) is 13.5. The number of methoxy groups -OCH3 is 1. The maximum absolute atomic E-state index is 12.2. The van der Waals surface area contributed by atoms with Crippen LogP contribution >= 0.6 is 0 Å². The summed E-state index contributed by atoms with van der Waals surface area (Å²) in [6, 6.07) is 4.90. The molecule has 0 radical (unpaired) electrons.